The van der Waals surface area contributed by atoms with Gasteiger partial charge >= 0.3 is 12.2 Å². The van der Waals surface area contributed by atoms with Crippen LogP contribution in [0, 0.1) is 17.8 Å². The number of hydrogen-bond donors (Lipinski definition) is 0. The molecule has 3 fully saturated rings. The molecule has 0 bridgehead atoms. The Morgan fingerprint density at radius 2 is 1.52 bits per heavy atom. The first kappa shape index (κ1) is 27.6. The first-order valence-electron chi connectivity index (χ1n) is 12.7. The molecule has 0 N–H and O–H groups in total. The van der Waals surface area contributed by atoms with Gasteiger partial charge in [0.2, 0.25) is 0 Å². The summed E-state index contributed by atoms with van der Waals surface area (Å²) in [5.41, 5.74) is 0. The fraction of sp³-hybridized carbons (Fsp3) is 0.920. The van der Waals surface area contributed by atoms with E-state index in [1.165, 1.54) is 20.0 Å². The van der Waals surface area contributed by atoms with Crippen LogP contribution in [0.2, 0.25) is 0 Å². The molecule has 0 radical (unpaired) electrons. The van der Waals surface area contributed by atoms with E-state index in [-0.39, 0.29) is 30.3 Å². The summed E-state index contributed by atoms with van der Waals surface area (Å²) in [6, 6.07) is -0.0253. The molecule has 0 spiro atoms. The van der Waals surface area contributed by atoms with Gasteiger partial charge in [0.15, 0.2) is 0 Å². The summed E-state index contributed by atoms with van der Waals surface area (Å²) < 4.78 is 10.3. The van der Waals surface area contributed by atoms with E-state index in [1.807, 2.05) is 37.5 Å². The van der Waals surface area contributed by atoms with Crippen molar-refractivity contribution in [2.75, 3.05) is 20.3 Å². The molecule has 6 nitrogen and oxygen atoms in total. The van der Waals surface area contributed by atoms with E-state index in [9.17, 15) is 9.59 Å². The molecule has 3 rings (SSSR count). The van der Waals surface area contributed by atoms with Crippen LogP contribution in [0.4, 0.5) is 9.59 Å². The van der Waals surface area contributed by atoms with Gasteiger partial charge in [-0.3, -0.25) is 4.90 Å². The molecule has 4 atom stereocenters. The smallest absolute Gasteiger partial charge is 0.410 e. The first-order valence-corrected chi connectivity index (χ1v) is 12.7. The highest BCUT2D eigenvalue weighted by molar-refractivity contribution is 5.71. The number of fused-ring (bicyclic) bond motifs is 1. The van der Waals surface area contributed by atoms with Crippen molar-refractivity contribution in [3.63, 3.8) is 0 Å². The zero-order valence-electron chi connectivity index (χ0n) is 21.4. The molecular formula is C25H48N2O4. The monoisotopic (exact) mass is 440 g/mol. The average molecular weight is 441 g/mol. The summed E-state index contributed by atoms with van der Waals surface area (Å²) in [6.07, 6.45) is 7.72. The van der Waals surface area contributed by atoms with Crippen LogP contribution in [0.5, 0.6) is 0 Å². The van der Waals surface area contributed by atoms with Gasteiger partial charge in [0, 0.05) is 6.54 Å². The molecule has 3 aliphatic rings. The quantitative estimate of drug-likeness (QED) is 0.512. The minimum absolute atomic E-state index is 0.0196. The Bertz CT molecular complexity index is 534. The SMILES string of the molecule is CC.CC1CC1.CCOC(=O)N1C[C@H](C)N(C(=O)OC)C2CCC(C(CC)CC)CC21. The number of carbonyl (C=O) groups is 2. The molecular weight excluding hydrogens is 392 g/mol. The Hall–Kier alpha value is -1.46. The number of piperazine rings is 1. The summed E-state index contributed by atoms with van der Waals surface area (Å²) in [5, 5.41) is 0. The molecule has 6 heteroatoms. The van der Waals surface area contributed by atoms with Crippen LogP contribution in [0.1, 0.15) is 93.4 Å². The largest absolute Gasteiger partial charge is 0.453 e. The third-order valence-corrected chi connectivity index (χ3v) is 6.98. The van der Waals surface area contributed by atoms with E-state index < -0.39 is 0 Å². The molecule has 2 saturated carbocycles. The van der Waals surface area contributed by atoms with E-state index in [4.69, 9.17) is 9.47 Å². The van der Waals surface area contributed by atoms with Gasteiger partial charge in [-0.05, 0) is 50.9 Å². The number of methoxy groups -OCH3 is 1. The van der Waals surface area contributed by atoms with Gasteiger partial charge in [0.1, 0.15) is 0 Å². The molecule has 182 valence electrons. The molecule has 0 aromatic heterocycles. The maximum absolute atomic E-state index is 12.5. The van der Waals surface area contributed by atoms with Gasteiger partial charge in [-0.15, -0.1) is 0 Å². The highest BCUT2D eigenvalue weighted by Gasteiger charge is 2.48. The van der Waals surface area contributed by atoms with Crippen LogP contribution in [-0.2, 0) is 9.47 Å². The number of amides is 2. The minimum atomic E-state index is -0.285. The molecule has 2 aliphatic carbocycles. The zero-order valence-corrected chi connectivity index (χ0v) is 21.4. The van der Waals surface area contributed by atoms with Crippen LogP contribution < -0.4 is 0 Å². The molecule has 1 heterocycles. The summed E-state index contributed by atoms with van der Waals surface area (Å²) in [4.78, 5) is 28.6. The molecule has 1 aliphatic heterocycles. The fourth-order valence-corrected chi connectivity index (χ4v) is 5.04. The van der Waals surface area contributed by atoms with Crippen molar-refractivity contribution >= 4 is 12.2 Å². The van der Waals surface area contributed by atoms with Crippen LogP contribution in [-0.4, -0.2) is 60.4 Å². The Balaban J connectivity index is 0.000000700. The van der Waals surface area contributed by atoms with Crippen molar-refractivity contribution in [3.8, 4) is 0 Å². The summed E-state index contributed by atoms with van der Waals surface area (Å²) >= 11 is 0. The Labute approximate surface area is 191 Å². The number of hydrogen-bond acceptors (Lipinski definition) is 4. The van der Waals surface area contributed by atoms with Gasteiger partial charge in [-0.25, -0.2) is 9.59 Å². The standard InChI is InChI=1S/C19H34N2O4.C4H8.C2H6/c1-6-14(7-2)15-9-10-16-17(11-15)20(18(22)25-8-3)12-13(4)21(16)19(23)24-5;1-4-2-3-4;1-2/h13-17H,6-12H2,1-5H3;4H,2-3H2,1H3;1-2H3/t13-,15?,16?,17?;;/m0../s1. The highest BCUT2D eigenvalue weighted by atomic mass is 16.6. The summed E-state index contributed by atoms with van der Waals surface area (Å²) in [5.74, 6) is 2.36. The highest BCUT2D eigenvalue weighted by Crippen LogP contribution is 2.40. The topological polar surface area (TPSA) is 59.1 Å². The van der Waals surface area contributed by atoms with Crippen LogP contribution in [0.25, 0.3) is 0 Å². The summed E-state index contributed by atoms with van der Waals surface area (Å²) in [7, 11) is 1.43. The number of ether oxygens (including phenoxy) is 2. The molecule has 2 amide bonds. The Morgan fingerprint density at radius 3 is 1.97 bits per heavy atom. The van der Waals surface area contributed by atoms with Crippen molar-refractivity contribution < 1.29 is 19.1 Å². The normalized spacial score (nSPS) is 27.3. The van der Waals surface area contributed by atoms with Gasteiger partial charge in [0.25, 0.3) is 0 Å². The molecule has 31 heavy (non-hydrogen) atoms. The summed E-state index contributed by atoms with van der Waals surface area (Å²) in [6.45, 7) is 15.5. The zero-order chi connectivity index (χ0) is 23.6. The average Bonchev–Trinajstić information content (AvgIpc) is 3.57. The lowest BCUT2D eigenvalue weighted by atomic mass is 9.72. The van der Waals surface area contributed by atoms with E-state index in [0.29, 0.717) is 25.0 Å². The Kier molecular flexibility index (Phi) is 12.3. The van der Waals surface area contributed by atoms with Crippen molar-refractivity contribution in [1.29, 1.82) is 0 Å². The van der Waals surface area contributed by atoms with E-state index in [1.54, 1.807) is 0 Å². The lowest BCUT2D eigenvalue weighted by Gasteiger charge is -2.53. The van der Waals surface area contributed by atoms with Gasteiger partial charge in [-0.1, -0.05) is 60.3 Å². The van der Waals surface area contributed by atoms with Gasteiger partial charge < -0.3 is 14.4 Å². The first-order chi connectivity index (χ1) is 14.9. The lowest BCUT2D eigenvalue weighted by Crippen LogP contribution is -2.67. The minimum Gasteiger partial charge on any atom is -0.453 e. The van der Waals surface area contributed by atoms with Gasteiger partial charge in [-0.2, -0.15) is 0 Å². The second-order valence-corrected chi connectivity index (χ2v) is 9.04. The third kappa shape index (κ3) is 7.57. The van der Waals surface area contributed by atoms with Crippen molar-refractivity contribution in [2.24, 2.45) is 17.8 Å². The van der Waals surface area contributed by atoms with Crippen molar-refractivity contribution in [1.82, 2.24) is 9.80 Å². The van der Waals surface area contributed by atoms with Crippen LogP contribution >= 0.6 is 0 Å². The van der Waals surface area contributed by atoms with Crippen LogP contribution in [0.3, 0.4) is 0 Å². The third-order valence-electron chi connectivity index (χ3n) is 6.98. The lowest BCUT2D eigenvalue weighted by molar-refractivity contribution is -0.0411. The molecule has 1 saturated heterocycles. The number of rotatable bonds is 4. The van der Waals surface area contributed by atoms with E-state index in [2.05, 4.69) is 20.8 Å². The number of carbonyl (C=O) groups excluding carboxylic acids is 2. The maximum Gasteiger partial charge on any atom is 0.410 e. The van der Waals surface area contributed by atoms with Crippen molar-refractivity contribution in [2.45, 2.75) is 112 Å². The Morgan fingerprint density at radius 1 is 0.935 bits per heavy atom. The van der Waals surface area contributed by atoms with Crippen LogP contribution in [0.15, 0.2) is 0 Å². The second kappa shape index (κ2) is 13.8. The molecule has 0 aromatic rings. The maximum atomic E-state index is 12.5. The predicted molar refractivity (Wildman–Crippen MR) is 126 cm³/mol. The predicted octanol–water partition coefficient (Wildman–Crippen LogP) is 6.33. The second-order valence-electron chi connectivity index (χ2n) is 9.04. The van der Waals surface area contributed by atoms with Crippen molar-refractivity contribution in [3.05, 3.63) is 0 Å². The molecule has 0 aromatic carbocycles. The van der Waals surface area contributed by atoms with E-state index in [0.717, 1.165) is 38.0 Å². The molecule has 3 unspecified atom stereocenters. The van der Waals surface area contributed by atoms with E-state index >= 15 is 0 Å². The number of nitrogens with zero attached hydrogens (tertiary/aromatic N) is 2. The fourth-order valence-electron chi connectivity index (χ4n) is 5.04. The van der Waals surface area contributed by atoms with Gasteiger partial charge in [0.05, 0.1) is 31.8 Å².